The first-order chi connectivity index (χ1) is 25.2. The molecular weight excluding hydrogens is 654 g/mol. The number of allylic oxidation sites excluding steroid dienone is 2. The standard InChI is InChI=1S/C41H41N7O4/c1-25-6-3-4-7-33(25)34-8-5-12-41(26(34)2,40-45-35-18-27(16-31(19-42)37(35)52-40)21-48-15-11-32(49)24-48)46-38-36-29(9-13-43-38)17-28(20-44-36)22-47-14-10-30(23-47)39(50)51/h3-9,12-13,16-18,20,26,30,32,49H,10-11,14-15,21-24H2,1-2H3,(H,43,46)(H,50,51)/t26?,30-,32-,41?/m1/s1. The van der Waals surface area contributed by atoms with Gasteiger partial charge in [-0.25, -0.2) is 9.97 Å². The number of likely N-dealkylation sites (tertiary alicyclic amines) is 2. The molecule has 5 aromatic rings. The molecule has 3 aromatic heterocycles. The van der Waals surface area contributed by atoms with Gasteiger partial charge in [0.2, 0.25) is 5.89 Å². The van der Waals surface area contributed by atoms with Gasteiger partial charge in [0.1, 0.15) is 22.6 Å². The van der Waals surface area contributed by atoms with Crippen LogP contribution in [0, 0.1) is 30.1 Å². The molecule has 264 valence electrons. The van der Waals surface area contributed by atoms with Crippen LogP contribution in [0.2, 0.25) is 0 Å². The Morgan fingerprint density at radius 3 is 2.65 bits per heavy atom. The summed E-state index contributed by atoms with van der Waals surface area (Å²) in [5.41, 5.74) is 6.42. The number of oxazole rings is 1. The van der Waals surface area contributed by atoms with E-state index in [9.17, 15) is 20.3 Å². The molecule has 11 nitrogen and oxygen atoms in total. The zero-order valence-electron chi connectivity index (χ0n) is 29.3. The maximum atomic E-state index is 11.5. The molecule has 2 unspecified atom stereocenters. The largest absolute Gasteiger partial charge is 0.481 e. The van der Waals surface area contributed by atoms with E-state index < -0.39 is 11.5 Å². The Hall–Kier alpha value is -5.41. The summed E-state index contributed by atoms with van der Waals surface area (Å²) >= 11 is 0. The number of rotatable bonds is 9. The number of carboxylic acid groups (broad SMARTS) is 1. The van der Waals surface area contributed by atoms with Gasteiger partial charge in [-0.15, -0.1) is 0 Å². The van der Waals surface area contributed by atoms with Gasteiger partial charge in [0, 0.05) is 56.4 Å². The molecule has 0 bridgehead atoms. The van der Waals surface area contributed by atoms with Crippen LogP contribution in [0.3, 0.4) is 0 Å². The summed E-state index contributed by atoms with van der Waals surface area (Å²) in [7, 11) is 0. The number of benzene rings is 2. The van der Waals surface area contributed by atoms with Crippen LogP contribution in [0.15, 0.2) is 83.6 Å². The van der Waals surface area contributed by atoms with E-state index in [-0.39, 0.29) is 17.9 Å². The molecule has 8 rings (SSSR count). The van der Waals surface area contributed by atoms with Crippen molar-refractivity contribution in [2.45, 2.75) is 51.4 Å². The lowest BCUT2D eigenvalue weighted by atomic mass is 9.73. The summed E-state index contributed by atoms with van der Waals surface area (Å²) in [5, 5.41) is 34.5. The van der Waals surface area contributed by atoms with Gasteiger partial charge >= 0.3 is 5.97 Å². The van der Waals surface area contributed by atoms with E-state index in [2.05, 4.69) is 65.4 Å². The van der Waals surface area contributed by atoms with E-state index >= 15 is 0 Å². The highest BCUT2D eigenvalue weighted by atomic mass is 16.4. The molecule has 0 radical (unpaired) electrons. The lowest BCUT2D eigenvalue weighted by molar-refractivity contribution is -0.141. The third-order valence-corrected chi connectivity index (χ3v) is 10.9. The Morgan fingerprint density at radius 2 is 1.88 bits per heavy atom. The van der Waals surface area contributed by atoms with Crippen LogP contribution in [-0.2, 0) is 23.4 Å². The molecule has 0 saturated carbocycles. The number of carbonyl (C=O) groups is 1. The zero-order chi connectivity index (χ0) is 36.0. The molecule has 2 fully saturated rings. The summed E-state index contributed by atoms with van der Waals surface area (Å²) < 4.78 is 6.64. The second kappa shape index (κ2) is 13.6. The highest BCUT2D eigenvalue weighted by molar-refractivity contribution is 5.89. The van der Waals surface area contributed by atoms with Gasteiger partial charge in [-0.05, 0) is 84.5 Å². The number of aryl methyl sites for hydroxylation is 1. The lowest BCUT2D eigenvalue weighted by Gasteiger charge is -2.39. The van der Waals surface area contributed by atoms with Crippen LogP contribution in [-0.4, -0.2) is 73.2 Å². The third kappa shape index (κ3) is 6.23. The van der Waals surface area contributed by atoms with Gasteiger partial charge in [-0.1, -0.05) is 43.3 Å². The fraction of sp³-hybridized carbons (Fsp3) is 0.341. The van der Waals surface area contributed by atoms with Crippen molar-refractivity contribution in [3.05, 3.63) is 113 Å². The Bertz CT molecular complexity index is 2290. The fourth-order valence-corrected chi connectivity index (χ4v) is 8.09. The monoisotopic (exact) mass is 695 g/mol. The van der Waals surface area contributed by atoms with Gasteiger partial charge in [0.15, 0.2) is 11.4 Å². The maximum Gasteiger partial charge on any atom is 0.307 e. The summed E-state index contributed by atoms with van der Waals surface area (Å²) in [4.78, 5) is 30.7. The topological polar surface area (TPSA) is 152 Å². The fourth-order valence-electron chi connectivity index (χ4n) is 8.09. The Morgan fingerprint density at radius 1 is 1.08 bits per heavy atom. The zero-order valence-corrected chi connectivity index (χ0v) is 29.3. The number of pyridine rings is 2. The predicted molar refractivity (Wildman–Crippen MR) is 198 cm³/mol. The van der Waals surface area contributed by atoms with Gasteiger partial charge in [0.05, 0.1) is 17.6 Å². The number of hydrogen-bond acceptors (Lipinski definition) is 10. The Balaban J connectivity index is 1.19. The Labute approximate surface area is 301 Å². The van der Waals surface area contributed by atoms with Crippen molar-refractivity contribution in [1.29, 1.82) is 5.26 Å². The number of β-amino-alcohol motifs (C(OH)–C–C–N with tert-alkyl or cyclic N) is 1. The number of aromatic nitrogens is 3. The number of aliphatic hydroxyl groups is 1. The first kappa shape index (κ1) is 33.7. The van der Waals surface area contributed by atoms with Crippen LogP contribution >= 0.6 is 0 Å². The molecule has 4 atom stereocenters. The van der Waals surface area contributed by atoms with Crippen LogP contribution in [0.4, 0.5) is 5.82 Å². The van der Waals surface area contributed by atoms with Crippen molar-refractivity contribution >= 4 is 39.4 Å². The minimum atomic E-state index is -1.01. The quantitative estimate of drug-likeness (QED) is 0.166. The number of nitriles is 1. The molecule has 3 N–H and O–H groups in total. The van der Waals surface area contributed by atoms with E-state index in [1.807, 2.05) is 42.6 Å². The number of aliphatic hydroxyl groups excluding tert-OH is 1. The van der Waals surface area contributed by atoms with Crippen molar-refractivity contribution in [3.63, 3.8) is 0 Å². The van der Waals surface area contributed by atoms with E-state index in [1.54, 1.807) is 6.20 Å². The molecule has 3 aliphatic rings. The van der Waals surface area contributed by atoms with Gasteiger partial charge in [-0.3, -0.25) is 19.6 Å². The molecular formula is C41H41N7O4. The van der Waals surface area contributed by atoms with Crippen molar-refractivity contribution < 1.29 is 19.4 Å². The predicted octanol–water partition coefficient (Wildman–Crippen LogP) is 6.02. The van der Waals surface area contributed by atoms with E-state index in [0.29, 0.717) is 66.5 Å². The van der Waals surface area contributed by atoms with Gasteiger partial charge in [-0.2, -0.15) is 5.26 Å². The van der Waals surface area contributed by atoms with Crippen molar-refractivity contribution in [3.8, 4) is 6.07 Å². The number of anilines is 1. The molecule has 5 heterocycles. The number of hydrogen-bond donors (Lipinski definition) is 3. The molecule has 0 spiro atoms. The second-order valence-electron chi connectivity index (χ2n) is 14.4. The van der Waals surface area contributed by atoms with Crippen LogP contribution < -0.4 is 5.32 Å². The maximum absolute atomic E-state index is 11.5. The van der Waals surface area contributed by atoms with E-state index in [4.69, 9.17) is 19.4 Å². The molecule has 0 amide bonds. The number of nitrogens with one attached hydrogen (secondary N) is 1. The van der Waals surface area contributed by atoms with E-state index in [1.165, 1.54) is 0 Å². The van der Waals surface area contributed by atoms with Crippen molar-refractivity contribution in [2.24, 2.45) is 11.8 Å². The molecule has 2 saturated heterocycles. The average Bonchev–Trinajstić information content (AvgIpc) is 3.90. The summed E-state index contributed by atoms with van der Waals surface area (Å²) in [6.45, 7) is 8.15. The lowest BCUT2D eigenvalue weighted by Crippen LogP contribution is -2.42. The van der Waals surface area contributed by atoms with Crippen LogP contribution in [0.1, 0.15) is 53.5 Å². The average molecular weight is 696 g/mol. The summed E-state index contributed by atoms with van der Waals surface area (Å²) in [6.07, 6.45) is 10.9. The molecule has 52 heavy (non-hydrogen) atoms. The second-order valence-corrected chi connectivity index (χ2v) is 14.4. The van der Waals surface area contributed by atoms with Crippen molar-refractivity contribution in [1.82, 2.24) is 24.8 Å². The first-order valence-corrected chi connectivity index (χ1v) is 17.9. The molecule has 1 aliphatic carbocycles. The minimum absolute atomic E-state index is 0.198. The van der Waals surface area contributed by atoms with Gasteiger partial charge in [0.25, 0.3) is 0 Å². The van der Waals surface area contributed by atoms with Crippen LogP contribution in [0.25, 0.3) is 27.6 Å². The number of carboxylic acids is 1. The smallest absolute Gasteiger partial charge is 0.307 e. The SMILES string of the molecule is Cc1ccccc1C1=CC=CC(Nc2nccc3cc(CN4CC[C@@H](C(=O)O)C4)cnc23)(c2nc3cc(CN4CC[C@@H](O)C4)cc(C#N)c3o2)C1C. The summed E-state index contributed by atoms with van der Waals surface area (Å²) in [6, 6.07) is 18.5. The Kier molecular flexibility index (Phi) is 8.83. The number of aliphatic carboxylic acids is 1. The first-order valence-electron chi connectivity index (χ1n) is 17.9. The number of fused-ring (bicyclic) bond motifs is 2. The summed E-state index contributed by atoms with van der Waals surface area (Å²) in [5.74, 6) is -0.304. The van der Waals surface area contributed by atoms with Crippen molar-refractivity contribution in [2.75, 3.05) is 31.5 Å². The van der Waals surface area contributed by atoms with Crippen LogP contribution in [0.5, 0.6) is 0 Å². The number of nitrogens with zero attached hydrogens (tertiary/aromatic N) is 6. The third-order valence-electron chi connectivity index (χ3n) is 10.9. The molecule has 2 aliphatic heterocycles. The van der Waals surface area contributed by atoms with Gasteiger partial charge < -0.3 is 19.9 Å². The van der Waals surface area contributed by atoms with E-state index in [0.717, 1.165) is 52.7 Å². The highest BCUT2D eigenvalue weighted by Crippen LogP contribution is 2.46. The molecule has 11 heteroatoms. The highest BCUT2D eigenvalue weighted by Gasteiger charge is 2.45. The molecule has 2 aromatic carbocycles. The normalized spacial score (nSPS) is 23.7. The minimum Gasteiger partial charge on any atom is -0.481 e.